The molecule has 39 heavy (non-hydrogen) atoms. The first-order chi connectivity index (χ1) is 18.8. The zero-order valence-electron chi connectivity index (χ0n) is 20.7. The minimum atomic E-state index is -0.591. The van der Waals surface area contributed by atoms with Crippen LogP contribution in [0, 0.1) is 7.14 Å². The van der Waals surface area contributed by atoms with E-state index in [2.05, 4.69) is 66.1 Å². The van der Waals surface area contributed by atoms with E-state index in [9.17, 15) is 9.59 Å². The van der Waals surface area contributed by atoms with Crippen molar-refractivity contribution in [1.82, 2.24) is 4.57 Å². The number of ether oxygens (including phenoxy) is 2. The molecule has 6 nitrogen and oxygen atoms in total. The minimum Gasteiger partial charge on any atom is -0.487 e. The zero-order chi connectivity index (χ0) is 27.7. The maximum Gasteiger partial charge on any atom is 0.338 e. The molecule has 1 aliphatic rings. The number of carbonyl (C=O) groups excluding carboxylic acids is 1. The molecule has 2 aromatic carbocycles. The standard InChI is InChI=1S/C28H21BrI2N2O4S2/c1-3-36-27(35)23-15(2)32-28-33(24(23)21-5-4-10-38-21)26(34)22(39-28)12-17-11-19(30)13-20(31)25(17)37-14-16-6-8-18(29)9-7-16/h4-13,24H,3,14H2,1-2H3/b22-12-/t24-/m1/s1. The topological polar surface area (TPSA) is 69.9 Å². The highest BCUT2D eigenvalue weighted by Crippen LogP contribution is 2.33. The molecule has 11 heteroatoms. The Bertz CT molecular complexity index is 1760. The lowest BCUT2D eigenvalue weighted by molar-refractivity contribution is -0.139. The van der Waals surface area contributed by atoms with Crippen molar-refractivity contribution in [1.29, 1.82) is 0 Å². The fraction of sp³-hybridized carbons (Fsp3) is 0.179. The molecule has 3 heterocycles. The van der Waals surface area contributed by atoms with Crippen LogP contribution in [0.5, 0.6) is 5.75 Å². The average Bonchev–Trinajstić information content (AvgIpc) is 3.52. The van der Waals surface area contributed by atoms with Crippen molar-refractivity contribution in [3.05, 3.63) is 112 Å². The van der Waals surface area contributed by atoms with Crippen molar-refractivity contribution in [3.63, 3.8) is 0 Å². The van der Waals surface area contributed by atoms with E-state index < -0.39 is 12.0 Å². The van der Waals surface area contributed by atoms with Gasteiger partial charge in [0.05, 0.1) is 26.0 Å². The highest BCUT2D eigenvalue weighted by atomic mass is 127. The predicted octanol–water partition coefficient (Wildman–Crippen LogP) is 6.41. The molecule has 1 atom stereocenters. The summed E-state index contributed by atoms with van der Waals surface area (Å²) in [6.45, 7) is 4.19. The predicted molar refractivity (Wildman–Crippen MR) is 175 cm³/mol. The summed E-state index contributed by atoms with van der Waals surface area (Å²) >= 11 is 10.8. The number of rotatable bonds is 7. The number of thiophene rings is 1. The van der Waals surface area contributed by atoms with E-state index in [4.69, 9.17) is 9.47 Å². The number of carbonyl (C=O) groups is 1. The molecule has 0 unspecified atom stereocenters. The fourth-order valence-electron chi connectivity index (χ4n) is 4.22. The van der Waals surface area contributed by atoms with E-state index in [1.165, 1.54) is 22.7 Å². The van der Waals surface area contributed by atoms with E-state index in [0.29, 0.717) is 33.0 Å². The largest absolute Gasteiger partial charge is 0.487 e. The van der Waals surface area contributed by atoms with E-state index >= 15 is 0 Å². The number of allylic oxidation sites excluding steroid dienone is 1. The lowest BCUT2D eigenvalue weighted by atomic mass is 10.0. The van der Waals surface area contributed by atoms with Crippen LogP contribution in [0.1, 0.15) is 35.9 Å². The molecule has 200 valence electrons. The van der Waals surface area contributed by atoms with E-state index in [-0.39, 0.29) is 12.2 Å². The van der Waals surface area contributed by atoms with Crippen molar-refractivity contribution >= 4 is 95.8 Å². The van der Waals surface area contributed by atoms with Crippen molar-refractivity contribution in [2.75, 3.05) is 6.61 Å². The van der Waals surface area contributed by atoms with Crippen LogP contribution in [0.3, 0.4) is 0 Å². The third-order valence-electron chi connectivity index (χ3n) is 5.95. The molecule has 0 saturated heterocycles. The molecule has 0 N–H and O–H groups in total. The molecular weight excluding hydrogens is 826 g/mol. The van der Waals surface area contributed by atoms with Gasteiger partial charge in [-0.25, -0.2) is 9.79 Å². The average molecular weight is 847 g/mol. The quantitative estimate of drug-likeness (QED) is 0.160. The van der Waals surface area contributed by atoms with Gasteiger partial charge in [-0.15, -0.1) is 11.3 Å². The number of halogens is 3. The lowest BCUT2D eigenvalue weighted by Gasteiger charge is -2.23. The zero-order valence-corrected chi connectivity index (χ0v) is 28.3. The summed E-state index contributed by atoms with van der Waals surface area (Å²) < 4.78 is 16.8. The second-order valence-corrected chi connectivity index (χ2v) is 13.9. The molecule has 0 saturated carbocycles. The Hall–Kier alpha value is -1.81. The number of nitrogens with zero attached hydrogens (tertiary/aromatic N) is 2. The van der Waals surface area contributed by atoms with Gasteiger partial charge in [0.1, 0.15) is 18.4 Å². The van der Waals surface area contributed by atoms with Gasteiger partial charge in [-0.1, -0.05) is 45.5 Å². The summed E-state index contributed by atoms with van der Waals surface area (Å²) in [6.07, 6.45) is 1.86. The number of hydrogen-bond donors (Lipinski definition) is 0. The summed E-state index contributed by atoms with van der Waals surface area (Å²) in [4.78, 5) is 33.0. The van der Waals surface area contributed by atoms with E-state index in [1.807, 2.05) is 60.0 Å². The maximum atomic E-state index is 13.9. The number of benzene rings is 2. The summed E-state index contributed by atoms with van der Waals surface area (Å²) in [7, 11) is 0. The molecule has 0 amide bonds. The lowest BCUT2D eigenvalue weighted by Crippen LogP contribution is -2.39. The molecule has 0 spiro atoms. The number of aromatic nitrogens is 1. The van der Waals surface area contributed by atoms with Crippen LogP contribution in [-0.2, 0) is 16.1 Å². The van der Waals surface area contributed by atoms with Gasteiger partial charge in [-0.2, -0.15) is 0 Å². The summed E-state index contributed by atoms with van der Waals surface area (Å²) in [6, 6.07) is 15.3. The number of hydrogen-bond acceptors (Lipinski definition) is 7. The molecule has 0 radical (unpaired) electrons. The molecule has 4 aromatic rings. The van der Waals surface area contributed by atoms with Crippen LogP contribution in [0.4, 0.5) is 0 Å². The first-order valence-electron chi connectivity index (χ1n) is 11.9. The Kier molecular flexibility index (Phi) is 9.11. The molecule has 0 fully saturated rings. The number of fused-ring (bicyclic) bond motifs is 1. The normalized spacial score (nSPS) is 15.2. The second kappa shape index (κ2) is 12.4. The van der Waals surface area contributed by atoms with Gasteiger partial charge in [0.25, 0.3) is 5.56 Å². The molecule has 0 aliphatic carbocycles. The van der Waals surface area contributed by atoms with Crippen LogP contribution < -0.4 is 19.6 Å². The first-order valence-corrected chi connectivity index (χ1v) is 16.5. The van der Waals surface area contributed by atoms with Crippen LogP contribution in [0.15, 0.2) is 79.4 Å². The second-order valence-electron chi connectivity index (χ2n) is 8.54. The Labute approximate surface area is 268 Å². The molecule has 2 aromatic heterocycles. The van der Waals surface area contributed by atoms with Crippen LogP contribution in [0.2, 0.25) is 0 Å². The minimum absolute atomic E-state index is 0.209. The van der Waals surface area contributed by atoms with Crippen molar-refractivity contribution in [2.24, 2.45) is 4.99 Å². The SMILES string of the molecule is CCOC(=O)C1=C(C)N=c2s/c(=C\c3cc(I)cc(I)c3OCc3ccc(Br)cc3)c(=O)n2[C@@H]1c1cccs1. The van der Waals surface area contributed by atoms with Crippen LogP contribution in [-0.4, -0.2) is 17.1 Å². The van der Waals surface area contributed by atoms with Gasteiger partial charge in [0, 0.05) is 18.5 Å². The van der Waals surface area contributed by atoms with E-state index in [0.717, 1.165) is 27.6 Å². The highest BCUT2D eigenvalue weighted by molar-refractivity contribution is 14.1. The Balaban J connectivity index is 1.62. The monoisotopic (exact) mass is 846 g/mol. The van der Waals surface area contributed by atoms with Gasteiger partial charge in [0.2, 0.25) is 0 Å². The Morgan fingerprint density at radius 1 is 1.21 bits per heavy atom. The van der Waals surface area contributed by atoms with Crippen LogP contribution in [0.25, 0.3) is 6.08 Å². The Morgan fingerprint density at radius 2 is 1.97 bits per heavy atom. The Morgan fingerprint density at radius 3 is 2.67 bits per heavy atom. The molecular formula is C28H21BrI2N2O4S2. The van der Waals surface area contributed by atoms with E-state index in [1.54, 1.807) is 18.4 Å². The molecule has 5 rings (SSSR count). The van der Waals surface area contributed by atoms with Gasteiger partial charge < -0.3 is 9.47 Å². The summed E-state index contributed by atoms with van der Waals surface area (Å²) in [5, 5.41) is 1.94. The van der Waals surface area contributed by atoms with Gasteiger partial charge in [-0.3, -0.25) is 9.36 Å². The van der Waals surface area contributed by atoms with Crippen LogP contribution >= 0.6 is 83.8 Å². The third-order valence-corrected chi connectivity index (χ3v) is 9.81. The molecule has 1 aliphatic heterocycles. The van der Waals surface area contributed by atoms with Gasteiger partial charge in [0.15, 0.2) is 4.80 Å². The summed E-state index contributed by atoms with van der Waals surface area (Å²) in [5.41, 5.74) is 2.58. The first kappa shape index (κ1) is 28.7. The smallest absolute Gasteiger partial charge is 0.338 e. The van der Waals surface area contributed by atoms with Crippen molar-refractivity contribution in [2.45, 2.75) is 26.5 Å². The third kappa shape index (κ3) is 6.11. The highest BCUT2D eigenvalue weighted by Gasteiger charge is 2.34. The summed E-state index contributed by atoms with van der Waals surface area (Å²) in [5.74, 6) is 0.255. The van der Waals surface area contributed by atoms with Gasteiger partial charge in [-0.05, 0) is 106 Å². The molecule has 0 bridgehead atoms. The van der Waals surface area contributed by atoms with Gasteiger partial charge >= 0.3 is 5.97 Å². The van der Waals surface area contributed by atoms with Crippen molar-refractivity contribution < 1.29 is 14.3 Å². The number of thiazole rings is 1. The fourth-order valence-corrected chi connectivity index (χ4v) is 8.40. The number of esters is 1. The van der Waals surface area contributed by atoms with Crippen molar-refractivity contribution in [3.8, 4) is 5.75 Å². The maximum absolute atomic E-state index is 13.9.